The number of hydrogen-bond donors (Lipinski definition) is 1. The molecule has 2 aromatic carbocycles. The van der Waals surface area contributed by atoms with E-state index >= 15 is 0 Å². The van der Waals surface area contributed by atoms with Crippen molar-refractivity contribution in [1.82, 2.24) is 4.98 Å². The number of anilines is 1. The summed E-state index contributed by atoms with van der Waals surface area (Å²) in [5.41, 5.74) is 2.15. The molecule has 0 radical (unpaired) electrons. The highest BCUT2D eigenvalue weighted by Crippen LogP contribution is 2.39. The van der Waals surface area contributed by atoms with E-state index in [1.165, 1.54) is 11.3 Å². The van der Waals surface area contributed by atoms with Crippen LogP contribution in [-0.4, -0.2) is 37.3 Å². The maximum absolute atomic E-state index is 13.0. The van der Waals surface area contributed by atoms with Crippen molar-refractivity contribution in [3.63, 3.8) is 0 Å². The highest BCUT2D eigenvalue weighted by Gasteiger charge is 2.19. The number of amides is 1. The second kappa shape index (κ2) is 12.8. The van der Waals surface area contributed by atoms with Crippen LogP contribution < -0.4 is 24.3 Å². The van der Waals surface area contributed by atoms with Gasteiger partial charge in [0, 0.05) is 16.5 Å². The number of ether oxygens (including phenoxy) is 4. The molecule has 0 unspecified atom stereocenters. The Morgan fingerprint density at radius 2 is 1.56 bits per heavy atom. The van der Waals surface area contributed by atoms with Crippen molar-refractivity contribution in [2.45, 2.75) is 40.5 Å². The van der Waals surface area contributed by atoms with Gasteiger partial charge in [0.1, 0.15) is 5.75 Å². The lowest BCUT2D eigenvalue weighted by atomic mass is 10.1. The lowest BCUT2D eigenvalue weighted by molar-refractivity contribution is 0.102. The number of carbonyl (C=O) groups excluding carboxylic acids is 1. The second-order valence-corrected chi connectivity index (χ2v) is 8.18. The Balaban J connectivity index is 1.75. The summed E-state index contributed by atoms with van der Waals surface area (Å²) in [7, 11) is 0. The lowest BCUT2D eigenvalue weighted by Crippen LogP contribution is -2.13. The number of nitrogens with zero attached hydrogens (tertiary/aromatic N) is 1. The topological polar surface area (TPSA) is 78.9 Å². The van der Waals surface area contributed by atoms with Gasteiger partial charge in [-0.1, -0.05) is 13.3 Å². The molecule has 0 fully saturated rings. The molecule has 1 amide bonds. The summed E-state index contributed by atoms with van der Waals surface area (Å²) in [6, 6.07) is 11.1. The van der Waals surface area contributed by atoms with Gasteiger partial charge in [-0.05, 0) is 63.6 Å². The van der Waals surface area contributed by atoms with Crippen LogP contribution in [0.4, 0.5) is 5.13 Å². The van der Waals surface area contributed by atoms with Crippen molar-refractivity contribution in [2.75, 3.05) is 31.7 Å². The first kappa shape index (κ1) is 25.4. The van der Waals surface area contributed by atoms with Gasteiger partial charge >= 0.3 is 0 Å². The summed E-state index contributed by atoms with van der Waals surface area (Å²) in [6.45, 7) is 9.83. The predicted molar refractivity (Wildman–Crippen MR) is 136 cm³/mol. The Hall–Kier alpha value is -3.26. The zero-order chi connectivity index (χ0) is 24.3. The summed E-state index contributed by atoms with van der Waals surface area (Å²) >= 11 is 1.37. The van der Waals surface area contributed by atoms with Gasteiger partial charge in [-0.2, -0.15) is 0 Å². The van der Waals surface area contributed by atoms with Crippen LogP contribution >= 0.6 is 11.3 Å². The molecule has 1 aromatic heterocycles. The van der Waals surface area contributed by atoms with Crippen LogP contribution in [0.25, 0.3) is 11.3 Å². The van der Waals surface area contributed by atoms with E-state index in [0.717, 1.165) is 29.8 Å². The fraction of sp³-hybridized carbons (Fsp3) is 0.385. The minimum Gasteiger partial charge on any atom is -0.494 e. The molecule has 0 aliphatic heterocycles. The van der Waals surface area contributed by atoms with E-state index in [0.29, 0.717) is 54.4 Å². The van der Waals surface area contributed by atoms with Crippen molar-refractivity contribution < 1.29 is 23.7 Å². The molecule has 3 rings (SSSR count). The first-order chi connectivity index (χ1) is 16.6. The Kier molecular flexibility index (Phi) is 9.58. The van der Waals surface area contributed by atoms with E-state index in [9.17, 15) is 4.79 Å². The lowest BCUT2D eigenvalue weighted by Gasteiger charge is -2.16. The standard InChI is InChI=1S/C26H32N2O5S/c1-5-9-14-33-20-12-10-18(11-13-20)21-17-34-26(27-21)28-25(29)19-15-22(30-6-2)24(32-8-4)23(16-19)31-7-3/h10-13,15-17H,5-9,14H2,1-4H3,(H,27,28,29). The molecule has 0 saturated carbocycles. The molecule has 34 heavy (non-hydrogen) atoms. The molecule has 0 bridgehead atoms. The molecule has 0 aliphatic rings. The highest BCUT2D eigenvalue weighted by molar-refractivity contribution is 7.14. The molecule has 182 valence electrons. The van der Waals surface area contributed by atoms with Gasteiger partial charge in [0.2, 0.25) is 5.75 Å². The minimum absolute atomic E-state index is 0.300. The van der Waals surface area contributed by atoms with Crippen molar-refractivity contribution in [3.05, 3.63) is 47.3 Å². The van der Waals surface area contributed by atoms with Crippen molar-refractivity contribution in [1.29, 1.82) is 0 Å². The van der Waals surface area contributed by atoms with Crippen LogP contribution in [0.5, 0.6) is 23.0 Å². The van der Waals surface area contributed by atoms with Crippen LogP contribution in [0.15, 0.2) is 41.8 Å². The van der Waals surface area contributed by atoms with Gasteiger partial charge in [0.15, 0.2) is 16.6 Å². The van der Waals surface area contributed by atoms with Crippen LogP contribution in [0.1, 0.15) is 50.9 Å². The van der Waals surface area contributed by atoms with Crippen LogP contribution in [0.3, 0.4) is 0 Å². The third-order valence-electron chi connectivity index (χ3n) is 4.81. The van der Waals surface area contributed by atoms with Gasteiger partial charge < -0.3 is 18.9 Å². The summed E-state index contributed by atoms with van der Waals surface area (Å²) in [4.78, 5) is 17.6. The van der Waals surface area contributed by atoms with Gasteiger partial charge in [0.25, 0.3) is 5.91 Å². The normalized spacial score (nSPS) is 10.6. The molecule has 0 spiro atoms. The Morgan fingerprint density at radius 3 is 2.15 bits per heavy atom. The molecule has 8 heteroatoms. The maximum atomic E-state index is 13.0. The number of carbonyl (C=O) groups is 1. The third kappa shape index (κ3) is 6.63. The number of thiazole rings is 1. The van der Waals surface area contributed by atoms with Crippen molar-refractivity contribution in [2.24, 2.45) is 0 Å². The van der Waals surface area contributed by atoms with E-state index in [2.05, 4.69) is 17.2 Å². The Labute approximate surface area is 205 Å². The smallest absolute Gasteiger partial charge is 0.257 e. The van der Waals surface area contributed by atoms with Crippen LogP contribution in [-0.2, 0) is 0 Å². The summed E-state index contributed by atoms with van der Waals surface area (Å²) in [5, 5.41) is 5.30. The SMILES string of the molecule is CCCCOc1ccc(-c2csc(NC(=O)c3cc(OCC)c(OCC)c(OCC)c3)n2)cc1. The van der Waals surface area contributed by atoms with E-state index in [4.69, 9.17) is 18.9 Å². The van der Waals surface area contributed by atoms with Gasteiger partial charge in [-0.15, -0.1) is 11.3 Å². The van der Waals surface area contributed by atoms with Gasteiger partial charge in [0.05, 0.1) is 32.1 Å². The van der Waals surface area contributed by atoms with E-state index in [1.807, 2.05) is 50.4 Å². The molecule has 0 saturated heterocycles. The molecule has 1 heterocycles. The maximum Gasteiger partial charge on any atom is 0.257 e. The van der Waals surface area contributed by atoms with E-state index in [-0.39, 0.29) is 5.91 Å². The molecule has 1 N–H and O–H groups in total. The van der Waals surface area contributed by atoms with E-state index in [1.54, 1.807) is 12.1 Å². The largest absolute Gasteiger partial charge is 0.494 e. The fourth-order valence-electron chi connectivity index (χ4n) is 3.21. The number of unbranched alkanes of at least 4 members (excludes halogenated alkanes) is 1. The van der Waals surface area contributed by atoms with Crippen LogP contribution in [0.2, 0.25) is 0 Å². The summed E-state index contributed by atoms with van der Waals surface area (Å²) < 4.78 is 22.9. The minimum atomic E-state index is -0.300. The van der Waals surface area contributed by atoms with Crippen molar-refractivity contribution in [3.8, 4) is 34.3 Å². The number of hydrogen-bond acceptors (Lipinski definition) is 7. The highest BCUT2D eigenvalue weighted by atomic mass is 32.1. The van der Waals surface area contributed by atoms with Crippen LogP contribution in [0, 0.1) is 0 Å². The molecular weight excluding hydrogens is 452 g/mol. The first-order valence-electron chi connectivity index (χ1n) is 11.7. The zero-order valence-electron chi connectivity index (χ0n) is 20.2. The Bertz CT molecular complexity index is 1040. The molecule has 3 aromatic rings. The van der Waals surface area contributed by atoms with Gasteiger partial charge in [-0.25, -0.2) is 4.98 Å². The molecule has 0 aliphatic carbocycles. The summed E-state index contributed by atoms with van der Waals surface area (Å²) in [6.07, 6.45) is 2.13. The zero-order valence-corrected chi connectivity index (χ0v) is 21.0. The van der Waals surface area contributed by atoms with Gasteiger partial charge in [-0.3, -0.25) is 10.1 Å². The quantitative estimate of drug-likeness (QED) is 0.281. The predicted octanol–water partition coefficient (Wildman–Crippen LogP) is 6.44. The Morgan fingerprint density at radius 1 is 0.912 bits per heavy atom. The van der Waals surface area contributed by atoms with E-state index < -0.39 is 0 Å². The number of benzene rings is 2. The number of aromatic nitrogens is 1. The second-order valence-electron chi connectivity index (χ2n) is 7.32. The molecule has 7 nitrogen and oxygen atoms in total. The molecule has 0 atom stereocenters. The fourth-order valence-corrected chi connectivity index (χ4v) is 3.92. The number of rotatable bonds is 13. The monoisotopic (exact) mass is 484 g/mol. The van der Waals surface area contributed by atoms with Crippen molar-refractivity contribution >= 4 is 22.4 Å². The average molecular weight is 485 g/mol. The third-order valence-corrected chi connectivity index (χ3v) is 5.57. The molecular formula is C26H32N2O5S. The number of nitrogens with one attached hydrogen (secondary N) is 1. The first-order valence-corrected chi connectivity index (χ1v) is 12.5. The average Bonchev–Trinajstić information content (AvgIpc) is 3.30. The summed E-state index contributed by atoms with van der Waals surface area (Å²) in [5.74, 6) is 1.99.